The van der Waals surface area contributed by atoms with E-state index in [0.29, 0.717) is 15.8 Å². The normalized spacial score (nSPS) is 13.1. The number of rotatable bonds is 3. The van der Waals surface area contributed by atoms with Crippen molar-refractivity contribution in [2.24, 2.45) is 4.99 Å². The fraction of sp³-hybridized carbons (Fsp3) is 0.0667. The van der Waals surface area contributed by atoms with Crippen LogP contribution in [-0.2, 0) is 14.9 Å². The SMILES string of the molecule is COC(=O)NC1=Nc2ccc(S(=O)(=O)Oc3cccc(Br)c3)cc2NS1. The summed E-state index contributed by atoms with van der Waals surface area (Å²) in [5.41, 5.74) is 0.945. The van der Waals surface area contributed by atoms with Crippen LogP contribution in [0.25, 0.3) is 0 Å². The van der Waals surface area contributed by atoms with Crippen LogP contribution in [0.4, 0.5) is 16.2 Å². The van der Waals surface area contributed by atoms with Crippen molar-refractivity contribution in [1.82, 2.24) is 5.32 Å². The summed E-state index contributed by atoms with van der Waals surface area (Å²) in [6.07, 6.45) is -0.650. The van der Waals surface area contributed by atoms with Crippen LogP contribution >= 0.6 is 27.9 Å². The molecule has 0 spiro atoms. The molecule has 3 rings (SSSR count). The van der Waals surface area contributed by atoms with Gasteiger partial charge in [0.05, 0.1) is 18.5 Å². The molecule has 0 saturated carbocycles. The van der Waals surface area contributed by atoms with Crippen molar-refractivity contribution in [3.05, 3.63) is 46.9 Å². The highest BCUT2D eigenvalue weighted by atomic mass is 79.9. The van der Waals surface area contributed by atoms with Crippen molar-refractivity contribution >= 4 is 60.6 Å². The first-order valence-corrected chi connectivity index (χ1v) is 10.1. The molecule has 1 aliphatic heterocycles. The van der Waals surface area contributed by atoms with Crippen LogP contribution in [0.1, 0.15) is 0 Å². The number of amides is 1. The molecule has 0 aliphatic carbocycles. The van der Waals surface area contributed by atoms with Gasteiger partial charge in [0.1, 0.15) is 10.6 Å². The lowest BCUT2D eigenvalue weighted by molar-refractivity contribution is 0.177. The lowest BCUT2D eigenvalue weighted by Crippen LogP contribution is -2.29. The van der Waals surface area contributed by atoms with Gasteiger partial charge in [-0.25, -0.2) is 9.79 Å². The lowest BCUT2D eigenvalue weighted by atomic mass is 10.3. The number of benzene rings is 2. The Bertz CT molecular complexity index is 995. The third-order valence-corrected chi connectivity index (χ3v) is 5.58. The second kappa shape index (κ2) is 7.56. The molecule has 2 aromatic carbocycles. The topological polar surface area (TPSA) is 106 Å². The Morgan fingerprint density at radius 3 is 2.81 bits per heavy atom. The number of carbonyl (C=O) groups is 1. The highest BCUT2D eigenvalue weighted by Gasteiger charge is 2.21. The quantitative estimate of drug-likeness (QED) is 0.535. The largest absolute Gasteiger partial charge is 0.453 e. The number of methoxy groups -OCH3 is 1. The molecule has 0 radical (unpaired) electrons. The van der Waals surface area contributed by atoms with Crippen LogP contribution in [0, 0.1) is 0 Å². The number of nitrogens with one attached hydrogen (secondary N) is 2. The van der Waals surface area contributed by atoms with E-state index < -0.39 is 16.2 Å². The molecule has 0 bridgehead atoms. The van der Waals surface area contributed by atoms with Crippen molar-refractivity contribution < 1.29 is 22.1 Å². The monoisotopic (exact) mass is 457 g/mol. The van der Waals surface area contributed by atoms with E-state index in [2.05, 4.69) is 35.7 Å². The van der Waals surface area contributed by atoms with Crippen molar-refractivity contribution in [3.63, 3.8) is 0 Å². The maximum atomic E-state index is 12.5. The number of anilines is 1. The first-order valence-electron chi connectivity index (χ1n) is 7.08. The summed E-state index contributed by atoms with van der Waals surface area (Å²) in [7, 11) is -2.77. The molecule has 136 valence electrons. The molecule has 8 nitrogen and oxygen atoms in total. The Hall–Kier alpha value is -2.24. The standard InChI is InChI=1S/C15H12BrN3O5S2/c1-23-15(20)18-14-17-12-6-5-11(8-13(12)19-25-14)26(21,22)24-10-4-2-3-9(16)7-10/h2-8,19H,1H3,(H,17,18,20). The summed E-state index contributed by atoms with van der Waals surface area (Å²) < 4.78 is 38.2. The first-order chi connectivity index (χ1) is 12.4. The van der Waals surface area contributed by atoms with Crippen LogP contribution < -0.4 is 14.2 Å². The van der Waals surface area contributed by atoms with E-state index >= 15 is 0 Å². The number of amidine groups is 1. The van der Waals surface area contributed by atoms with Gasteiger partial charge in [0.25, 0.3) is 0 Å². The molecule has 11 heteroatoms. The molecule has 2 aromatic rings. The van der Waals surface area contributed by atoms with Gasteiger partial charge in [-0.2, -0.15) is 8.42 Å². The second-order valence-electron chi connectivity index (χ2n) is 4.91. The number of nitrogens with zero attached hydrogens (tertiary/aromatic N) is 1. The molecule has 0 fully saturated rings. The molecule has 2 N–H and O–H groups in total. The predicted molar refractivity (Wildman–Crippen MR) is 102 cm³/mol. The highest BCUT2D eigenvalue weighted by Crippen LogP contribution is 2.35. The van der Waals surface area contributed by atoms with E-state index in [-0.39, 0.29) is 15.8 Å². The number of halogens is 1. The first kappa shape index (κ1) is 18.5. The maximum Gasteiger partial charge on any atom is 0.412 e. The zero-order chi connectivity index (χ0) is 18.7. The minimum atomic E-state index is -4.01. The fourth-order valence-corrected chi connectivity index (χ4v) is 3.95. The number of hydrogen-bond acceptors (Lipinski definition) is 8. The van der Waals surface area contributed by atoms with Crippen molar-refractivity contribution in [2.75, 3.05) is 11.8 Å². The average molecular weight is 458 g/mol. The number of alkyl carbamates (subject to hydrolysis) is 1. The van der Waals surface area contributed by atoms with E-state index in [1.54, 1.807) is 24.3 Å². The highest BCUT2D eigenvalue weighted by molar-refractivity contribution is 9.10. The van der Waals surface area contributed by atoms with Gasteiger partial charge in [0, 0.05) is 16.4 Å². The average Bonchev–Trinajstić information content (AvgIpc) is 2.60. The maximum absolute atomic E-state index is 12.5. The number of fused-ring (bicyclic) bond motifs is 1. The predicted octanol–water partition coefficient (Wildman–Crippen LogP) is 3.63. The van der Waals surface area contributed by atoms with Crippen molar-refractivity contribution in [2.45, 2.75) is 4.90 Å². The Morgan fingerprint density at radius 2 is 2.08 bits per heavy atom. The summed E-state index contributed by atoms with van der Waals surface area (Å²) in [4.78, 5) is 15.4. The Labute approximate surface area is 162 Å². The van der Waals surface area contributed by atoms with E-state index in [1.165, 1.54) is 25.3 Å². The molecule has 0 saturated heterocycles. The Balaban J connectivity index is 1.84. The van der Waals surface area contributed by atoms with Gasteiger partial charge in [0.15, 0.2) is 5.17 Å². The number of ether oxygens (including phenoxy) is 1. The van der Waals surface area contributed by atoms with Crippen molar-refractivity contribution in [3.8, 4) is 5.75 Å². The third-order valence-electron chi connectivity index (χ3n) is 3.13. The molecule has 0 aromatic heterocycles. The van der Waals surface area contributed by atoms with Crippen LogP contribution in [0.2, 0.25) is 0 Å². The number of hydrogen-bond donors (Lipinski definition) is 2. The zero-order valence-electron chi connectivity index (χ0n) is 13.2. The number of aliphatic imine (C=N–C) groups is 1. The molecule has 1 amide bonds. The van der Waals surface area contributed by atoms with Gasteiger partial charge in [-0.15, -0.1) is 0 Å². The Morgan fingerprint density at radius 1 is 1.27 bits per heavy atom. The van der Waals surface area contributed by atoms with E-state index in [4.69, 9.17) is 4.18 Å². The fourth-order valence-electron chi connectivity index (χ4n) is 1.97. The van der Waals surface area contributed by atoms with Gasteiger partial charge >= 0.3 is 16.2 Å². The van der Waals surface area contributed by atoms with E-state index in [1.807, 2.05) is 0 Å². The third kappa shape index (κ3) is 4.29. The summed E-state index contributed by atoms with van der Waals surface area (Å²) in [5, 5.41) is 2.72. The minimum absolute atomic E-state index is 0.0242. The zero-order valence-corrected chi connectivity index (χ0v) is 16.4. The molecule has 0 atom stereocenters. The molecular formula is C15H12BrN3O5S2. The van der Waals surface area contributed by atoms with Crippen LogP contribution in [-0.4, -0.2) is 26.8 Å². The van der Waals surface area contributed by atoms with Crippen LogP contribution in [0.5, 0.6) is 5.75 Å². The van der Waals surface area contributed by atoms with Gasteiger partial charge in [-0.1, -0.05) is 22.0 Å². The smallest absolute Gasteiger partial charge is 0.412 e. The summed E-state index contributed by atoms with van der Waals surface area (Å²) in [5.74, 6) is 0.196. The summed E-state index contributed by atoms with van der Waals surface area (Å²) in [6, 6.07) is 10.8. The Kier molecular flexibility index (Phi) is 5.39. The molecule has 0 unspecified atom stereocenters. The minimum Gasteiger partial charge on any atom is -0.453 e. The van der Waals surface area contributed by atoms with Crippen LogP contribution in [0.15, 0.2) is 56.8 Å². The molecule has 1 heterocycles. The van der Waals surface area contributed by atoms with Gasteiger partial charge in [-0.3, -0.25) is 5.32 Å². The summed E-state index contributed by atoms with van der Waals surface area (Å²) in [6.45, 7) is 0. The van der Waals surface area contributed by atoms with Gasteiger partial charge in [-0.05, 0) is 36.4 Å². The molecular weight excluding hydrogens is 446 g/mol. The van der Waals surface area contributed by atoms with Gasteiger partial charge in [0.2, 0.25) is 0 Å². The van der Waals surface area contributed by atoms with E-state index in [9.17, 15) is 13.2 Å². The molecule has 1 aliphatic rings. The van der Waals surface area contributed by atoms with E-state index in [0.717, 1.165) is 11.9 Å². The van der Waals surface area contributed by atoms with Gasteiger partial charge < -0.3 is 13.6 Å². The second-order valence-corrected chi connectivity index (χ2v) is 8.17. The number of carbonyl (C=O) groups excluding carboxylic acids is 1. The summed E-state index contributed by atoms with van der Waals surface area (Å²) >= 11 is 4.28. The van der Waals surface area contributed by atoms with Crippen LogP contribution in [0.3, 0.4) is 0 Å². The van der Waals surface area contributed by atoms with Crippen molar-refractivity contribution in [1.29, 1.82) is 0 Å². The molecule has 26 heavy (non-hydrogen) atoms. The lowest BCUT2D eigenvalue weighted by Gasteiger charge is -2.17.